The molecule has 104 valence electrons. The first-order valence-corrected chi connectivity index (χ1v) is 9.21. The van der Waals surface area contributed by atoms with Crippen LogP contribution >= 0.6 is 34.0 Å². The summed E-state index contributed by atoms with van der Waals surface area (Å²) in [6.45, 7) is 0.861. The van der Waals surface area contributed by atoms with Gasteiger partial charge in [0.2, 0.25) is 0 Å². The summed E-state index contributed by atoms with van der Waals surface area (Å²) in [6, 6.07) is 12.9. The zero-order valence-electron chi connectivity index (χ0n) is 11.1. The van der Waals surface area contributed by atoms with Gasteiger partial charge in [-0.25, -0.2) is 4.98 Å². The molecule has 0 saturated carbocycles. The Morgan fingerprint density at radius 2 is 2.05 bits per heavy atom. The second-order valence-corrected chi connectivity index (χ2v) is 7.50. The smallest absolute Gasteiger partial charge is 0.0813 e. The van der Waals surface area contributed by atoms with Crippen LogP contribution in [0.25, 0.3) is 20.7 Å². The van der Waals surface area contributed by atoms with Crippen LogP contribution in [-0.2, 0) is 6.54 Å². The maximum atomic E-state index is 4.30. The molecule has 0 radical (unpaired) electrons. The van der Waals surface area contributed by atoms with E-state index in [9.17, 15) is 0 Å². The molecule has 0 aliphatic heterocycles. The quantitative estimate of drug-likeness (QED) is 0.520. The fourth-order valence-electron chi connectivity index (χ4n) is 2.20. The number of fused-ring (bicyclic) bond motifs is 1. The van der Waals surface area contributed by atoms with Gasteiger partial charge in [-0.3, -0.25) is 0 Å². The number of nitrogens with one attached hydrogen (secondary N) is 1. The highest BCUT2D eigenvalue weighted by molar-refractivity contribution is 7.16. The molecule has 0 aliphatic rings. The topological polar surface area (TPSA) is 24.9 Å². The van der Waals surface area contributed by atoms with Crippen LogP contribution in [-0.4, -0.2) is 4.98 Å². The number of nitrogens with zero attached hydrogens (tertiary/aromatic N) is 1. The van der Waals surface area contributed by atoms with E-state index in [1.807, 2.05) is 5.51 Å². The molecule has 0 aliphatic carbocycles. The molecule has 21 heavy (non-hydrogen) atoms. The van der Waals surface area contributed by atoms with Gasteiger partial charge in [0.1, 0.15) is 0 Å². The molecule has 1 N–H and O–H groups in total. The van der Waals surface area contributed by atoms with Crippen LogP contribution in [0, 0.1) is 0 Å². The van der Waals surface area contributed by atoms with Crippen LogP contribution < -0.4 is 5.32 Å². The van der Waals surface area contributed by atoms with E-state index in [-0.39, 0.29) is 0 Å². The molecule has 3 heterocycles. The minimum absolute atomic E-state index is 0.861. The first-order valence-electron chi connectivity index (χ1n) is 6.57. The number of hydrogen-bond donors (Lipinski definition) is 1. The lowest BCUT2D eigenvalue weighted by atomic mass is 10.2. The van der Waals surface area contributed by atoms with Crippen LogP contribution in [0.5, 0.6) is 0 Å². The maximum absolute atomic E-state index is 4.30. The minimum Gasteiger partial charge on any atom is -0.380 e. The number of aromatic nitrogens is 1. The van der Waals surface area contributed by atoms with Crippen LogP contribution in [0.15, 0.2) is 52.7 Å². The van der Waals surface area contributed by atoms with E-state index in [0.717, 1.165) is 17.7 Å². The van der Waals surface area contributed by atoms with Gasteiger partial charge in [-0.1, -0.05) is 6.07 Å². The monoisotopic (exact) mass is 328 g/mol. The van der Waals surface area contributed by atoms with Gasteiger partial charge in [0.25, 0.3) is 0 Å². The Morgan fingerprint density at radius 1 is 1.05 bits per heavy atom. The maximum Gasteiger partial charge on any atom is 0.0813 e. The van der Waals surface area contributed by atoms with E-state index >= 15 is 0 Å². The fraction of sp³-hybridized carbons (Fsp3) is 0.0625. The normalized spacial score (nSPS) is 11.0. The molecule has 0 saturated heterocycles. The van der Waals surface area contributed by atoms with Crippen molar-refractivity contribution in [2.75, 3.05) is 5.32 Å². The fourth-order valence-corrected chi connectivity index (χ4v) is 4.53. The van der Waals surface area contributed by atoms with Gasteiger partial charge in [-0.15, -0.1) is 34.0 Å². The summed E-state index contributed by atoms with van der Waals surface area (Å²) in [7, 11) is 0. The summed E-state index contributed by atoms with van der Waals surface area (Å²) in [5.74, 6) is 0. The average Bonchev–Trinajstić information content (AvgIpc) is 3.24. The lowest BCUT2D eigenvalue weighted by Gasteiger charge is -2.04. The zero-order valence-corrected chi connectivity index (χ0v) is 13.5. The van der Waals surface area contributed by atoms with Gasteiger partial charge < -0.3 is 5.32 Å². The number of benzene rings is 1. The molecule has 0 fully saturated rings. The molecular formula is C16H12N2S3. The third kappa shape index (κ3) is 2.72. The molecule has 0 atom stereocenters. The van der Waals surface area contributed by atoms with E-state index in [1.165, 1.54) is 20.0 Å². The zero-order chi connectivity index (χ0) is 14.1. The third-order valence-electron chi connectivity index (χ3n) is 3.26. The van der Waals surface area contributed by atoms with Crippen molar-refractivity contribution < 1.29 is 0 Å². The van der Waals surface area contributed by atoms with Crippen molar-refractivity contribution in [3.05, 3.63) is 57.5 Å². The Hall–Kier alpha value is -1.69. The standard InChI is InChI=1S/C16H12N2S3/c1-2-15(19-5-1)11-6-13(20-9-11)8-17-12-3-4-14-16(7-12)21-10-18-14/h1-7,9-10,17H,8H2. The van der Waals surface area contributed by atoms with Crippen molar-refractivity contribution in [1.82, 2.24) is 4.98 Å². The summed E-state index contributed by atoms with van der Waals surface area (Å²) >= 11 is 5.27. The third-order valence-corrected chi connectivity index (χ3v) is 5.90. The van der Waals surface area contributed by atoms with Crippen molar-refractivity contribution in [2.24, 2.45) is 0 Å². The van der Waals surface area contributed by atoms with Crippen LogP contribution in [0.1, 0.15) is 4.88 Å². The van der Waals surface area contributed by atoms with E-state index in [1.54, 1.807) is 34.0 Å². The molecule has 0 spiro atoms. The molecule has 2 nitrogen and oxygen atoms in total. The molecule has 0 amide bonds. The highest BCUT2D eigenvalue weighted by atomic mass is 32.1. The highest BCUT2D eigenvalue weighted by Gasteiger charge is 2.04. The van der Waals surface area contributed by atoms with Gasteiger partial charge in [0, 0.05) is 27.5 Å². The molecule has 4 rings (SSSR count). The molecule has 5 heteroatoms. The molecule has 3 aromatic heterocycles. The average molecular weight is 328 g/mol. The van der Waals surface area contributed by atoms with Crippen LogP contribution in [0.4, 0.5) is 5.69 Å². The van der Waals surface area contributed by atoms with Crippen molar-refractivity contribution >= 4 is 49.9 Å². The van der Waals surface area contributed by atoms with Crippen molar-refractivity contribution in [3.63, 3.8) is 0 Å². The van der Waals surface area contributed by atoms with Gasteiger partial charge in [0.05, 0.1) is 15.7 Å². The lowest BCUT2D eigenvalue weighted by Crippen LogP contribution is -1.96. The van der Waals surface area contributed by atoms with Crippen LogP contribution in [0.3, 0.4) is 0 Å². The van der Waals surface area contributed by atoms with E-state index in [0.29, 0.717) is 0 Å². The summed E-state index contributed by atoms with van der Waals surface area (Å²) in [5, 5.41) is 7.85. The SMILES string of the molecule is c1csc(-c2csc(CNc3ccc4ncsc4c3)c2)c1. The predicted octanol–water partition coefficient (Wildman–Crippen LogP) is 5.70. The second kappa shape index (κ2) is 5.60. The number of thiazole rings is 1. The summed E-state index contributed by atoms with van der Waals surface area (Å²) in [4.78, 5) is 6.99. The Labute approximate surface area is 134 Å². The van der Waals surface area contributed by atoms with Gasteiger partial charge in [-0.2, -0.15) is 0 Å². The van der Waals surface area contributed by atoms with Crippen molar-refractivity contribution in [1.29, 1.82) is 0 Å². The molecular weight excluding hydrogens is 316 g/mol. The number of anilines is 1. The number of rotatable bonds is 4. The largest absolute Gasteiger partial charge is 0.380 e. The Bertz CT molecular complexity index is 859. The summed E-state index contributed by atoms with van der Waals surface area (Å²) < 4.78 is 1.23. The Balaban J connectivity index is 1.49. The number of hydrogen-bond acceptors (Lipinski definition) is 5. The van der Waals surface area contributed by atoms with Crippen LogP contribution in [0.2, 0.25) is 0 Å². The Kier molecular flexibility index (Phi) is 3.47. The predicted molar refractivity (Wildman–Crippen MR) is 94.6 cm³/mol. The lowest BCUT2D eigenvalue weighted by molar-refractivity contribution is 1.20. The van der Waals surface area contributed by atoms with E-state index in [2.05, 4.69) is 57.5 Å². The van der Waals surface area contributed by atoms with E-state index in [4.69, 9.17) is 0 Å². The van der Waals surface area contributed by atoms with E-state index < -0.39 is 0 Å². The van der Waals surface area contributed by atoms with Gasteiger partial charge >= 0.3 is 0 Å². The second-order valence-electron chi connectivity index (χ2n) is 4.67. The Morgan fingerprint density at radius 3 is 2.95 bits per heavy atom. The van der Waals surface area contributed by atoms with Crippen molar-refractivity contribution in [2.45, 2.75) is 6.54 Å². The molecule has 0 bridgehead atoms. The molecule has 4 aromatic rings. The summed E-state index contributed by atoms with van der Waals surface area (Å²) in [5.41, 5.74) is 5.44. The number of thiophene rings is 2. The van der Waals surface area contributed by atoms with Gasteiger partial charge in [0.15, 0.2) is 0 Å². The first-order chi connectivity index (χ1) is 10.4. The van der Waals surface area contributed by atoms with Crippen molar-refractivity contribution in [3.8, 4) is 10.4 Å². The minimum atomic E-state index is 0.861. The highest BCUT2D eigenvalue weighted by Crippen LogP contribution is 2.30. The first kappa shape index (κ1) is 13.0. The summed E-state index contributed by atoms with van der Waals surface area (Å²) in [6.07, 6.45) is 0. The van der Waals surface area contributed by atoms with Gasteiger partial charge in [-0.05, 0) is 41.1 Å². The molecule has 0 unspecified atom stereocenters. The molecule has 1 aromatic carbocycles.